The number of benzene rings is 2. The van der Waals surface area contributed by atoms with Crippen LogP contribution in [-0.4, -0.2) is 27.8 Å². The molecule has 1 atom stereocenters. The van der Waals surface area contributed by atoms with E-state index in [9.17, 15) is 4.79 Å². The van der Waals surface area contributed by atoms with Crippen molar-refractivity contribution in [2.24, 2.45) is 5.92 Å². The minimum absolute atomic E-state index is 0.0210. The lowest BCUT2D eigenvalue weighted by Gasteiger charge is -2.50. The molecule has 0 saturated carbocycles. The van der Waals surface area contributed by atoms with E-state index >= 15 is 0 Å². The summed E-state index contributed by atoms with van der Waals surface area (Å²) in [5.41, 5.74) is 1.04. The van der Waals surface area contributed by atoms with Crippen molar-refractivity contribution < 1.29 is 4.79 Å². The molecule has 0 heterocycles. The second kappa shape index (κ2) is 7.52. The van der Waals surface area contributed by atoms with Gasteiger partial charge in [0.1, 0.15) is 0 Å². The van der Waals surface area contributed by atoms with Crippen molar-refractivity contribution in [3.8, 4) is 0 Å². The monoisotopic (exact) mass is 353 g/mol. The number of rotatable bonds is 5. The SMILES string of the molecule is CC(C)C(=O)[C@H](Cc1ccc2ccccc2c1)N(C(C)(C)C)C(C)(C)C. The molecular weight excluding hydrogens is 318 g/mol. The van der Waals surface area contributed by atoms with Gasteiger partial charge in [0.15, 0.2) is 5.78 Å². The first-order chi connectivity index (χ1) is 11.9. The van der Waals surface area contributed by atoms with Crippen molar-refractivity contribution >= 4 is 16.6 Å². The van der Waals surface area contributed by atoms with Gasteiger partial charge in [-0.3, -0.25) is 9.69 Å². The van der Waals surface area contributed by atoms with Gasteiger partial charge >= 0.3 is 0 Å². The molecule has 0 N–H and O–H groups in total. The van der Waals surface area contributed by atoms with Crippen LogP contribution in [0.25, 0.3) is 10.8 Å². The van der Waals surface area contributed by atoms with Crippen LogP contribution >= 0.6 is 0 Å². The Bertz CT molecular complexity index is 748. The molecule has 2 rings (SSSR count). The highest BCUT2D eigenvalue weighted by atomic mass is 16.1. The van der Waals surface area contributed by atoms with E-state index in [1.165, 1.54) is 16.3 Å². The predicted octanol–water partition coefficient (Wildman–Crippen LogP) is 5.88. The second-order valence-electron chi connectivity index (χ2n) is 9.67. The lowest BCUT2D eigenvalue weighted by Crippen LogP contribution is -2.61. The maximum atomic E-state index is 13.2. The standard InChI is InChI=1S/C24H35NO/c1-17(2)22(26)21(25(23(3,4)5)24(6,7)8)16-18-13-14-19-11-9-10-12-20(19)15-18/h9-15,17,21H,16H2,1-8H3/t21-/m0/s1. The Balaban J connectivity index is 2.48. The molecule has 0 saturated heterocycles. The van der Waals surface area contributed by atoms with Crippen molar-refractivity contribution in [1.82, 2.24) is 4.90 Å². The smallest absolute Gasteiger partial charge is 0.152 e. The summed E-state index contributed by atoms with van der Waals surface area (Å²) in [5.74, 6) is 0.343. The molecule has 0 fully saturated rings. The molecular formula is C24H35NO. The molecule has 0 bridgehead atoms. The molecule has 0 amide bonds. The number of carbonyl (C=O) groups excluding carboxylic acids is 1. The first-order valence-corrected chi connectivity index (χ1v) is 9.72. The fourth-order valence-corrected chi connectivity index (χ4v) is 4.23. The lowest BCUT2D eigenvalue weighted by atomic mass is 9.86. The van der Waals surface area contributed by atoms with Gasteiger partial charge in [0.2, 0.25) is 0 Å². The number of ketones is 1. The van der Waals surface area contributed by atoms with E-state index in [0.717, 1.165) is 6.42 Å². The highest BCUT2D eigenvalue weighted by Gasteiger charge is 2.40. The third-order valence-corrected chi connectivity index (χ3v) is 4.90. The summed E-state index contributed by atoms with van der Waals surface area (Å²) in [6, 6.07) is 14.9. The Labute approximate surface area is 159 Å². The minimum Gasteiger partial charge on any atom is -0.298 e. The van der Waals surface area contributed by atoms with E-state index < -0.39 is 0 Å². The zero-order chi connectivity index (χ0) is 19.7. The largest absolute Gasteiger partial charge is 0.298 e. The second-order valence-corrected chi connectivity index (χ2v) is 9.67. The minimum atomic E-state index is -0.129. The van der Waals surface area contributed by atoms with Gasteiger partial charge in [-0.1, -0.05) is 56.3 Å². The summed E-state index contributed by atoms with van der Waals surface area (Å²) in [6.07, 6.45) is 0.746. The first kappa shape index (κ1) is 20.6. The van der Waals surface area contributed by atoms with E-state index in [2.05, 4.69) is 88.9 Å². The fraction of sp³-hybridized carbons (Fsp3) is 0.542. The van der Waals surface area contributed by atoms with E-state index in [1.54, 1.807) is 0 Å². The quantitative estimate of drug-likeness (QED) is 0.669. The Kier molecular flexibility index (Phi) is 5.97. The summed E-state index contributed by atoms with van der Waals surface area (Å²) in [7, 11) is 0. The summed E-state index contributed by atoms with van der Waals surface area (Å²) >= 11 is 0. The molecule has 0 radical (unpaired) electrons. The zero-order valence-corrected chi connectivity index (χ0v) is 17.8. The first-order valence-electron chi connectivity index (χ1n) is 9.72. The molecule has 0 spiro atoms. The summed E-state index contributed by atoms with van der Waals surface area (Å²) in [5, 5.41) is 2.48. The van der Waals surface area contributed by atoms with Gasteiger partial charge in [0.25, 0.3) is 0 Å². The fourth-order valence-electron chi connectivity index (χ4n) is 4.23. The van der Waals surface area contributed by atoms with E-state index in [1.807, 2.05) is 13.8 Å². The number of carbonyl (C=O) groups is 1. The number of hydrogen-bond donors (Lipinski definition) is 0. The van der Waals surface area contributed by atoms with Crippen LogP contribution < -0.4 is 0 Å². The lowest BCUT2D eigenvalue weighted by molar-refractivity contribution is -0.133. The van der Waals surface area contributed by atoms with Crippen molar-refractivity contribution in [2.75, 3.05) is 0 Å². The number of Topliss-reactive ketones (excluding diaryl/α,β-unsaturated/α-hetero) is 1. The highest BCUT2D eigenvalue weighted by molar-refractivity contribution is 5.87. The van der Waals surface area contributed by atoms with Crippen molar-refractivity contribution in [2.45, 2.75) is 78.9 Å². The third kappa shape index (κ3) is 4.73. The molecule has 26 heavy (non-hydrogen) atoms. The van der Waals surface area contributed by atoms with Crippen molar-refractivity contribution in [1.29, 1.82) is 0 Å². The van der Waals surface area contributed by atoms with E-state index in [0.29, 0.717) is 5.78 Å². The Morgan fingerprint density at radius 1 is 0.885 bits per heavy atom. The van der Waals surface area contributed by atoms with Crippen LogP contribution in [0.5, 0.6) is 0 Å². The molecule has 0 aliphatic carbocycles. The predicted molar refractivity (Wildman–Crippen MR) is 113 cm³/mol. The number of fused-ring (bicyclic) bond motifs is 1. The van der Waals surface area contributed by atoms with Gasteiger partial charge in [-0.15, -0.1) is 0 Å². The summed E-state index contributed by atoms with van der Waals surface area (Å²) < 4.78 is 0. The zero-order valence-electron chi connectivity index (χ0n) is 17.8. The van der Waals surface area contributed by atoms with Gasteiger partial charge < -0.3 is 0 Å². The van der Waals surface area contributed by atoms with Crippen LogP contribution in [0.4, 0.5) is 0 Å². The molecule has 0 aromatic heterocycles. The van der Waals surface area contributed by atoms with Gasteiger partial charge in [-0.05, 0) is 64.3 Å². The maximum absolute atomic E-state index is 13.2. The Morgan fingerprint density at radius 3 is 1.92 bits per heavy atom. The van der Waals surface area contributed by atoms with Gasteiger partial charge in [-0.2, -0.15) is 0 Å². The average Bonchev–Trinajstić information content (AvgIpc) is 2.50. The molecule has 2 heteroatoms. The molecule has 0 aliphatic rings. The molecule has 2 aromatic carbocycles. The molecule has 2 aromatic rings. The van der Waals surface area contributed by atoms with Crippen LogP contribution in [0.2, 0.25) is 0 Å². The molecule has 0 aliphatic heterocycles. The summed E-state index contributed by atoms with van der Waals surface area (Å²) in [6.45, 7) is 17.3. The Hall–Kier alpha value is -1.67. The number of hydrogen-bond acceptors (Lipinski definition) is 2. The van der Waals surface area contributed by atoms with Gasteiger partial charge in [0.05, 0.1) is 6.04 Å². The number of nitrogens with zero attached hydrogens (tertiary/aromatic N) is 1. The molecule has 142 valence electrons. The van der Waals surface area contributed by atoms with Crippen molar-refractivity contribution in [3.05, 3.63) is 48.0 Å². The topological polar surface area (TPSA) is 20.3 Å². The van der Waals surface area contributed by atoms with Gasteiger partial charge in [0, 0.05) is 17.0 Å². The van der Waals surface area contributed by atoms with Crippen LogP contribution in [-0.2, 0) is 11.2 Å². The van der Waals surface area contributed by atoms with Crippen LogP contribution in [0, 0.1) is 5.92 Å². The van der Waals surface area contributed by atoms with Crippen LogP contribution in [0.3, 0.4) is 0 Å². The highest BCUT2D eigenvalue weighted by Crippen LogP contribution is 2.31. The van der Waals surface area contributed by atoms with Crippen LogP contribution in [0.1, 0.15) is 61.0 Å². The molecule has 2 nitrogen and oxygen atoms in total. The summed E-state index contributed by atoms with van der Waals surface area (Å²) in [4.78, 5) is 15.6. The average molecular weight is 354 g/mol. The van der Waals surface area contributed by atoms with E-state index in [4.69, 9.17) is 0 Å². The van der Waals surface area contributed by atoms with Crippen molar-refractivity contribution in [3.63, 3.8) is 0 Å². The third-order valence-electron chi connectivity index (χ3n) is 4.90. The van der Waals surface area contributed by atoms with Crippen LogP contribution in [0.15, 0.2) is 42.5 Å². The maximum Gasteiger partial charge on any atom is 0.152 e. The normalized spacial score (nSPS) is 14.2. The van der Waals surface area contributed by atoms with E-state index in [-0.39, 0.29) is 23.0 Å². The molecule has 0 unspecified atom stereocenters. The Morgan fingerprint density at radius 2 is 1.42 bits per heavy atom. The van der Waals surface area contributed by atoms with Gasteiger partial charge in [-0.25, -0.2) is 0 Å².